The summed E-state index contributed by atoms with van der Waals surface area (Å²) >= 11 is 0. The van der Waals surface area contributed by atoms with Gasteiger partial charge >= 0.3 is 5.97 Å². The zero-order valence-corrected chi connectivity index (χ0v) is 17.3. The number of esters is 1. The number of rotatable bonds is 7. The summed E-state index contributed by atoms with van der Waals surface area (Å²) in [5.74, 6) is -1.18. The van der Waals surface area contributed by atoms with E-state index < -0.39 is 24.0 Å². The van der Waals surface area contributed by atoms with Crippen molar-refractivity contribution in [2.75, 3.05) is 23.4 Å². The van der Waals surface area contributed by atoms with E-state index in [9.17, 15) is 14.4 Å². The lowest BCUT2D eigenvalue weighted by molar-refractivity contribution is -0.119. The summed E-state index contributed by atoms with van der Waals surface area (Å²) in [6.07, 6.45) is 0. The molecule has 0 atom stereocenters. The van der Waals surface area contributed by atoms with Crippen molar-refractivity contribution in [2.24, 2.45) is 0 Å². The third kappa shape index (κ3) is 4.86. The van der Waals surface area contributed by atoms with Crippen LogP contribution in [0.15, 0.2) is 59.4 Å². The summed E-state index contributed by atoms with van der Waals surface area (Å²) in [4.78, 5) is 41.3. The van der Waals surface area contributed by atoms with Gasteiger partial charge in [0, 0.05) is 40.9 Å². The van der Waals surface area contributed by atoms with Crippen LogP contribution in [0.3, 0.4) is 0 Å². The van der Waals surface area contributed by atoms with E-state index in [-0.39, 0.29) is 5.56 Å². The number of carbonyl (C=O) groups is 2. The third-order valence-electron chi connectivity index (χ3n) is 4.75. The maximum Gasteiger partial charge on any atom is 0.339 e. The van der Waals surface area contributed by atoms with Gasteiger partial charge in [0.05, 0.1) is 5.56 Å². The molecule has 0 saturated heterocycles. The van der Waals surface area contributed by atoms with E-state index in [0.29, 0.717) is 22.6 Å². The summed E-state index contributed by atoms with van der Waals surface area (Å²) in [6, 6.07) is 16.0. The van der Waals surface area contributed by atoms with Gasteiger partial charge in [-0.15, -0.1) is 0 Å². The molecule has 0 aliphatic rings. The molecule has 0 radical (unpaired) electrons. The van der Waals surface area contributed by atoms with E-state index in [0.717, 1.165) is 12.2 Å². The molecule has 7 nitrogen and oxygen atoms in total. The van der Waals surface area contributed by atoms with Crippen molar-refractivity contribution in [3.8, 4) is 0 Å². The van der Waals surface area contributed by atoms with Gasteiger partial charge in [-0.25, -0.2) is 4.79 Å². The van der Waals surface area contributed by atoms with E-state index in [1.54, 1.807) is 24.3 Å². The van der Waals surface area contributed by atoms with Gasteiger partial charge in [-0.3, -0.25) is 9.59 Å². The predicted octanol–water partition coefficient (Wildman–Crippen LogP) is 3.56. The number of aromatic nitrogens is 1. The number of benzene rings is 2. The molecule has 7 heteroatoms. The number of pyridine rings is 1. The van der Waals surface area contributed by atoms with E-state index in [2.05, 4.69) is 36.0 Å². The molecule has 1 aromatic heterocycles. The summed E-state index contributed by atoms with van der Waals surface area (Å²) in [5.41, 5.74) is 1.93. The Balaban J connectivity index is 1.62. The van der Waals surface area contributed by atoms with E-state index in [1.807, 2.05) is 24.3 Å². The first-order valence-corrected chi connectivity index (χ1v) is 9.84. The van der Waals surface area contributed by atoms with Crippen molar-refractivity contribution in [3.63, 3.8) is 0 Å². The SMILES string of the molecule is CCN(c1ccc(NC(=O)COC(=O)c2cc(=O)[nH]c3ccccc23)cc1)C(C)C. The highest BCUT2D eigenvalue weighted by Crippen LogP contribution is 2.20. The molecule has 0 spiro atoms. The van der Waals surface area contributed by atoms with E-state index >= 15 is 0 Å². The molecule has 3 rings (SSSR count). The van der Waals surface area contributed by atoms with Crippen molar-refractivity contribution in [3.05, 3.63) is 70.5 Å². The van der Waals surface area contributed by atoms with Crippen LogP contribution in [0, 0.1) is 0 Å². The van der Waals surface area contributed by atoms with Crippen molar-refractivity contribution in [1.29, 1.82) is 0 Å². The van der Waals surface area contributed by atoms with Crippen LogP contribution in [0.25, 0.3) is 10.9 Å². The molecular weight excluding hydrogens is 382 g/mol. The van der Waals surface area contributed by atoms with Gasteiger partial charge in [-0.05, 0) is 51.1 Å². The number of aromatic amines is 1. The molecule has 0 aliphatic heterocycles. The van der Waals surface area contributed by atoms with Crippen LogP contribution in [0.4, 0.5) is 11.4 Å². The Morgan fingerprint density at radius 2 is 1.80 bits per heavy atom. The Bertz CT molecular complexity index is 1100. The van der Waals surface area contributed by atoms with Crippen LogP contribution in [-0.2, 0) is 9.53 Å². The number of para-hydroxylation sites is 1. The standard InChI is InChI=1S/C23H25N3O4/c1-4-26(15(2)3)17-11-9-16(10-12-17)24-22(28)14-30-23(29)19-13-21(27)25-20-8-6-5-7-18(19)20/h5-13,15H,4,14H2,1-3H3,(H,24,28)(H,25,27). The number of hydrogen-bond acceptors (Lipinski definition) is 5. The summed E-state index contributed by atoms with van der Waals surface area (Å²) in [6.45, 7) is 6.77. The highest BCUT2D eigenvalue weighted by molar-refractivity contribution is 6.04. The lowest BCUT2D eigenvalue weighted by atomic mass is 10.1. The normalized spacial score (nSPS) is 10.8. The topological polar surface area (TPSA) is 91.5 Å². The zero-order valence-electron chi connectivity index (χ0n) is 17.3. The van der Waals surface area contributed by atoms with Gasteiger partial charge in [-0.1, -0.05) is 18.2 Å². The largest absolute Gasteiger partial charge is 0.452 e. The fourth-order valence-corrected chi connectivity index (χ4v) is 3.36. The smallest absolute Gasteiger partial charge is 0.339 e. The van der Waals surface area contributed by atoms with Crippen molar-refractivity contribution < 1.29 is 14.3 Å². The number of anilines is 2. The second kappa shape index (κ2) is 9.26. The van der Waals surface area contributed by atoms with Crippen LogP contribution in [-0.4, -0.2) is 36.1 Å². The van der Waals surface area contributed by atoms with Crippen LogP contribution >= 0.6 is 0 Å². The maximum atomic E-state index is 12.4. The van der Waals surface area contributed by atoms with Crippen molar-refractivity contribution in [2.45, 2.75) is 26.8 Å². The third-order valence-corrected chi connectivity index (χ3v) is 4.75. The summed E-state index contributed by atoms with van der Waals surface area (Å²) in [7, 11) is 0. The fourth-order valence-electron chi connectivity index (χ4n) is 3.36. The predicted molar refractivity (Wildman–Crippen MR) is 118 cm³/mol. The van der Waals surface area contributed by atoms with Gasteiger partial charge in [0.1, 0.15) is 0 Å². The first-order valence-electron chi connectivity index (χ1n) is 9.84. The molecule has 0 aliphatic carbocycles. The molecule has 0 unspecified atom stereocenters. The lowest BCUT2D eigenvalue weighted by Crippen LogP contribution is -2.30. The number of amides is 1. The van der Waals surface area contributed by atoms with Crippen LogP contribution in [0.1, 0.15) is 31.1 Å². The molecule has 2 N–H and O–H groups in total. The van der Waals surface area contributed by atoms with Gasteiger partial charge in [-0.2, -0.15) is 0 Å². The van der Waals surface area contributed by atoms with Gasteiger partial charge < -0.3 is 19.9 Å². The number of fused-ring (bicyclic) bond motifs is 1. The van der Waals surface area contributed by atoms with Crippen LogP contribution < -0.4 is 15.8 Å². The Kier molecular flexibility index (Phi) is 6.51. The number of hydrogen-bond donors (Lipinski definition) is 2. The minimum Gasteiger partial charge on any atom is -0.452 e. The molecule has 0 bridgehead atoms. The number of H-pyrrole nitrogens is 1. The Hall–Kier alpha value is -3.61. The summed E-state index contributed by atoms with van der Waals surface area (Å²) < 4.78 is 5.12. The highest BCUT2D eigenvalue weighted by atomic mass is 16.5. The fraction of sp³-hybridized carbons (Fsp3) is 0.261. The van der Waals surface area contributed by atoms with E-state index in [4.69, 9.17) is 4.74 Å². The Morgan fingerprint density at radius 3 is 2.47 bits per heavy atom. The molecule has 1 heterocycles. The summed E-state index contributed by atoms with van der Waals surface area (Å²) in [5, 5.41) is 3.27. The minimum absolute atomic E-state index is 0.125. The van der Waals surface area contributed by atoms with Gasteiger partial charge in [0.25, 0.3) is 5.91 Å². The molecule has 0 saturated carbocycles. The molecule has 1 amide bonds. The highest BCUT2D eigenvalue weighted by Gasteiger charge is 2.15. The Labute approximate surface area is 174 Å². The number of nitrogens with zero attached hydrogens (tertiary/aromatic N) is 1. The van der Waals surface area contributed by atoms with E-state index in [1.165, 1.54) is 6.07 Å². The van der Waals surface area contributed by atoms with Crippen LogP contribution in [0.5, 0.6) is 0 Å². The minimum atomic E-state index is -0.724. The maximum absolute atomic E-state index is 12.4. The average molecular weight is 407 g/mol. The number of carbonyl (C=O) groups excluding carboxylic acids is 2. The molecular formula is C23H25N3O4. The first kappa shape index (κ1) is 21.1. The second-order valence-electron chi connectivity index (χ2n) is 7.14. The van der Waals surface area contributed by atoms with Crippen molar-refractivity contribution in [1.82, 2.24) is 4.98 Å². The average Bonchev–Trinajstić information content (AvgIpc) is 2.73. The Morgan fingerprint density at radius 1 is 1.10 bits per heavy atom. The number of ether oxygens (including phenoxy) is 1. The second-order valence-corrected chi connectivity index (χ2v) is 7.14. The molecule has 3 aromatic rings. The molecule has 156 valence electrons. The van der Waals surface area contributed by atoms with Gasteiger partial charge in [0.15, 0.2) is 6.61 Å². The van der Waals surface area contributed by atoms with Crippen molar-refractivity contribution >= 4 is 34.2 Å². The van der Waals surface area contributed by atoms with Crippen LogP contribution in [0.2, 0.25) is 0 Å². The zero-order chi connectivity index (χ0) is 21.7. The molecule has 2 aromatic carbocycles. The quantitative estimate of drug-likeness (QED) is 0.585. The number of nitrogens with one attached hydrogen (secondary N) is 2. The lowest BCUT2D eigenvalue weighted by Gasteiger charge is -2.27. The first-order chi connectivity index (χ1) is 14.4. The van der Waals surface area contributed by atoms with Gasteiger partial charge in [0.2, 0.25) is 5.56 Å². The molecule has 30 heavy (non-hydrogen) atoms. The monoisotopic (exact) mass is 407 g/mol. The molecule has 0 fully saturated rings.